The topological polar surface area (TPSA) is 91.3 Å². The normalized spacial score (nSPS) is 12.9. The number of anilines is 1. The predicted molar refractivity (Wildman–Crippen MR) is 117 cm³/mol. The molecular weight excluding hydrogens is 444 g/mol. The smallest absolute Gasteiger partial charge is 0.259 e. The first-order valence-corrected chi connectivity index (χ1v) is 11.5. The van der Waals surface area contributed by atoms with E-state index in [2.05, 4.69) is 15.0 Å². The lowest BCUT2D eigenvalue weighted by molar-refractivity contribution is -0.121. The van der Waals surface area contributed by atoms with E-state index in [1.807, 2.05) is 12.3 Å². The number of thiazole rings is 1. The largest absolute Gasteiger partial charge is 0.346 e. The van der Waals surface area contributed by atoms with E-state index in [9.17, 15) is 17.8 Å². The Labute approximate surface area is 185 Å². The van der Waals surface area contributed by atoms with Crippen molar-refractivity contribution in [2.75, 3.05) is 4.72 Å². The number of benzene rings is 2. The summed E-state index contributed by atoms with van der Waals surface area (Å²) in [4.78, 5) is 17.2. The summed E-state index contributed by atoms with van der Waals surface area (Å²) in [5, 5.41) is 5.62. The molecule has 0 aliphatic heterocycles. The second-order valence-electron chi connectivity index (χ2n) is 6.83. The van der Waals surface area contributed by atoms with Gasteiger partial charge in [-0.05, 0) is 48.2 Å². The van der Waals surface area contributed by atoms with E-state index in [4.69, 9.17) is 4.55 Å². The number of aryl methyl sites for hydroxylation is 1. The van der Waals surface area contributed by atoms with Gasteiger partial charge in [-0.1, -0.05) is 25.1 Å². The average molecular weight is 466 g/mol. The van der Waals surface area contributed by atoms with Crippen LogP contribution in [-0.4, -0.2) is 19.7 Å². The summed E-state index contributed by atoms with van der Waals surface area (Å²) in [5.41, 5.74) is 2.67. The summed E-state index contributed by atoms with van der Waals surface area (Å²) in [7, 11) is 0. The van der Waals surface area contributed by atoms with Crippen LogP contribution in [0.1, 0.15) is 34.8 Å². The van der Waals surface area contributed by atoms with Crippen LogP contribution < -0.4 is 10.0 Å². The quantitative estimate of drug-likeness (QED) is 0.414. The Balaban J connectivity index is 1.75. The molecule has 31 heavy (non-hydrogen) atoms. The minimum absolute atomic E-state index is 0.0924. The van der Waals surface area contributed by atoms with Crippen molar-refractivity contribution in [2.45, 2.75) is 32.2 Å². The van der Waals surface area contributed by atoms with Gasteiger partial charge in [-0.3, -0.25) is 14.1 Å². The molecule has 0 saturated heterocycles. The molecule has 1 heterocycles. The lowest BCUT2D eigenvalue weighted by atomic mass is 10.0. The minimum atomic E-state index is -2.16. The van der Waals surface area contributed by atoms with E-state index in [0.717, 1.165) is 34.8 Å². The Morgan fingerprint density at radius 3 is 2.48 bits per heavy atom. The summed E-state index contributed by atoms with van der Waals surface area (Å²) in [5.74, 6) is -2.29. The van der Waals surface area contributed by atoms with E-state index >= 15 is 0 Å². The fraction of sp³-hybridized carbons (Fsp3) is 0.238. The van der Waals surface area contributed by atoms with Crippen LogP contribution in [-0.2, 0) is 35.3 Å². The van der Waals surface area contributed by atoms with E-state index in [0.29, 0.717) is 17.7 Å². The second-order valence-corrected chi connectivity index (χ2v) is 8.42. The molecule has 0 radical (unpaired) electrons. The molecule has 2 aromatic carbocycles. The molecule has 0 spiro atoms. The van der Waals surface area contributed by atoms with Crippen molar-refractivity contribution in [3.63, 3.8) is 0 Å². The lowest BCUT2D eigenvalue weighted by Gasteiger charge is -2.17. The van der Waals surface area contributed by atoms with Gasteiger partial charge >= 0.3 is 0 Å². The lowest BCUT2D eigenvalue weighted by Crippen LogP contribution is -2.31. The van der Waals surface area contributed by atoms with Gasteiger partial charge in [-0.25, -0.2) is 18.0 Å². The molecule has 0 saturated carbocycles. The molecule has 3 rings (SSSR count). The summed E-state index contributed by atoms with van der Waals surface area (Å²) in [6, 6.07) is 9.90. The Morgan fingerprint density at radius 1 is 1.16 bits per heavy atom. The van der Waals surface area contributed by atoms with Gasteiger partial charge in [-0.2, -0.15) is 0 Å². The monoisotopic (exact) mass is 465 g/mol. The number of nitrogens with one attached hydrogen (secondary N) is 2. The van der Waals surface area contributed by atoms with Crippen LogP contribution in [0.5, 0.6) is 0 Å². The summed E-state index contributed by atoms with van der Waals surface area (Å²) in [6.07, 6.45) is 1.12. The number of carbonyl (C=O) groups is 1. The molecular formula is C21H21F2N3O3S2. The zero-order chi connectivity index (χ0) is 22.4. The number of nitrogens with zero attached hydrogens (tertiary/aromatic N) is 1. The number of rotatable bonds is 9. The number of hydrogen-bond acceptors (Lipinski definition) is 4. The van der Waals surface area contributed by atoms with Crippen molar-refractivity contribution in [1.29, 1.82) is 0 Å². The fourth-order valence-electron chi connectivity index (χ4n) is 2.97. The van der Waals surface area contributed by atoms with Crippen molar-refractivity contribution in [1.82, 2.24) is 10.3 Å². The first-order chi connectivity index (χ1) is 14.8. The van der Waals surface area contributed by atoms with Gasteiger partial charge in [0.05, 0.1) is 18.2 Å². The van der Waals surface area contributed by atoms with E-state index in [1.165, 1.54) is 17.4 Å². The van der Waals surface area contributed by atoms with Crippen LogP contribution in [0.15, 0.2) is 47.8 Å². The Bertz CT molecular complexity index is 1070. The zero-order valence-electron chi connectivity index (χ0n) is 16.6. The highest BCUT2D eigenvalue weighted by molar-refractivity contribution is 7.80. The van der Waals surface area contributed by atoms with Crippen molar-refractivity contribution in [3.05, 3.63) is 81.3 Å². The van der Waals surface area contributed by atoms with Crippen LogP contribution >= 0.6 is 11.3 Å². The van der Waals surface area contributed by atoms with Crippen LogP contribution in [0.4, 0.5) is 14.5 Å². The third-order valence-electron chi connectivity index (χ3n) is 4.51. The number of carbonyl (C=O) groups excluding carboxylic acids is 1. The number of halogens is 2. The van der Waals surface area contributed by atoms with Gasteiger partial charge in [-0.15, -0.1) is 11.3 Å². The van der Waals surface area contributed by atoms with Gasteiger partial charge in [0.25, 0.3) is 11.3 Å². The Kier molecular flexibility index (Phi) is 7.83. The van der Waals surface area contributed by atoms with Crippen molar-refractivity contribution >= 4 is 34.2 Å². The molecule has 0 aliphatic carbocycles. The molecule has 10 heteroatoms. The first kappa shape index (κ1) is 23.0. The minimum Gasteiger partial charge on any atom is -0.346 e. The van der Waals surface area contributed by atoms with Crippen LogP contribution in [0.3, 0.4) is 0 Å². The average Bonchev–Trinajstić information content (AvgIpc) is 3.20. The summed E-state index contributed by atoms with van der Waals surface area (Å²) in [6.45, 7) is 1.99. The van der Waals surface area contributed by atoms with Crippen molar-refractivity contribution < 1.29 is 22.3 Å². The molecule has 0 aliphatic rings. The van der Waals surface area contributed by atoms with Gasteiger partial charge in [0.15, 0.2) is 11.6 Å². The zero-order valence-corrected chi connectivity index (χ0v) is 18.2. The maximum Gasteiger partial charge on any atom is 0.259 e. The maximum absolute atomic E-state index is 13.4. The predicted octanol–water partition coefficient (Wildman–Crippen LogP) is 4.18. The molecule has 1 aromatic heterocycles. The second kappa shape index (κ2) is 10.6. The molecule has 2 atom stereocenters. The molecule has 164 valence electrons. The van der Waals surface area contributed by atoms with Gasteiger partial charge in [0, 0.05) is 11.1 Å². The summed E-state index contributed by atoms with van der Waals surface area (Å²) < 4.78 is 48.7. The van der Waals surface area contributed by atoms with E-state index in [1.54, 1.807) is 24.3 Å². The van der Waals surface area contributed by atoms with Gasteiger partial charge in [0.2, 0.25) is 5.91 Å². The SMILES string of the molecule is CCc1csc([C@H](Cc2ccc(NS(=O)O)cc2)NC(=O)Cc2ccc(F)c(F)c2)n1. The third-order valence-corrected chi connectivity index (χ3v) is 5.93. The summed E-state index contributed by atoms with van der Waals surface area (Å²) >= 11 is -0.713. The maximum atomic E-state index is 13.4. The third kappa shape index (κ3) is 6.65. The number of aromatic nitrogens is 1. The molecule has 1 unspecified atom stereocenters. The highest BCUT2D eigenvalue weighted by atomic mass is 32.2. The molecule has 1 amide bonds. The van der Waals surface area contributed by atoms with Crippen molar-refractivity contribution in [3.8, 4) is 0 Å². The first-order valence-electron chi connectivity index (χ1n) is 9.48. The number of hydrogen-bond donors (Lipinski definition) is 3. The molecule has 6 nitrogen and oxygen atoms in total. The standard InChI is InChI=1S/C21H21F2N3O3S2/c1-2-15-12-30-21(24-15)19(10-13-3-6-16(7-4-13)26-31(28)29)25-20(27)11-14-5-8-17(22)18(23)9-14/h3-9,12,19,26H,2,10-11H2,1H3,(H,25,27)(H,28,29)/t19-/m0/s1. The molecule has 3 aromatic rings. The molecule has 0 bridgehead atoms. The van der Waals surface area contributed by atoms with Crippen LogP contribution in [0.25, 0.3) is 0 Å². The fourth-order valence-corrected chi connectivity index (χ4v) is 4.26. The van der Waals surface area contributed by atoms with Crippen molar-refractivity contribution in [2.24, 2.45) is 0 Å². The highest BCUT2D eigenvalue weighted by Gasteiger charge is 2.19. The Hall–Kier alpha value is -2.69. The molecule has 0 fully saturated rings. The van der Waals surface area contributed by atoms with Gasteiger partial charge < -0.3 is 5.32 Å². The highest BCUT2D eigenvalue weighted by Crippen LogP contribution is 2.24. The molecule has 3 N–H and O–H groups in total. The number of amides is 1. The van der Waals surface area contributed by atoms with E-state index in [-0.39, 0.29) is 12.3 Å². The Morgan fingerprint density at radius 2 is 1.87 bits per heavy atom. The van der Waals surface area contributed by atoms with Crippen LogP contribution in [0, 0.1) is 11.6 Å². The van der Waals surface area contributed by atoms with Gasteiger partial charge in [0.1, 0.15) is 5.01 Å². The van der Waals surface area contributed by atoms with Crippen LogP contribution in [0.2, 0.25) is 0 Å². The van der Waals surface area contributed by atoms with E-state index < -0.39 is 28.9 Å².